The Morgan fingerprint density at radius 2 is 1.75 bits per heavy atom. The number of ether oxygens (including phenoxy) is 1. The van der Waals surface area contributed by atoms with Gasteiger partial charge in [-0.15, -0.1) is 0 Å². The summed E-state index contributed by atoms with van der Waals surface area (Å²) in [6.45, 7) is 6.78. The van der Waals surface area contributed by atoms with Crippen LogP contribution in [-0.2, 0) is 4.74 Å². The van der Waals surface area contributed by atoms with Crippen LogP contribution in [0, 0.1) is 5.92 Å². The number of rotatable bonds is 7. The van der Waals surface area contributed by atoms with Gasteiger partial charge in [-0.2, -0.15) is 0 Å². The summed E-state index contributed by atoms with van der Waals surface area (Å²) in [5, 5.41) is 0. The van der Waals surface area contributed by atoms with Crippen molar-refractivity contribution >= 4 is 0 Å². The summed E-state index contributed by atoms with van der Waals surface area (Å²) in [4.78, 5) is 0. The van der Waals surface area contributed by atoms with Crippen LogP contribution in [-0.4, -0.2) is 13.2 Å². The first-order chi connectivity index (χ1) is 5.74. The molecule has 1 heteroatoms. The van der Waals surface area contributed by atoms with Gasteiger partial charge in [-0.3, -0.25) is 0 Å². The molecule has 1 nitrogen and oxygen atoms in total. The molecular weight excluding hydrogens is 148 g/mol. The molecule has 0 spiro atoms. The fourth-order valence-corrected chi connectivity index (χ4v) is 1.39. The van der Waals surface area contributed by atoms with Gasteiger partial charge in [-0.05, 0) is 18.8 Å². The maximum Gasteiger partial charge on any atom is 0.0568 e. The second-order valence-corrected chi connectivity index (χ2v) is 3.71. The Kier molecular flexibility index (Phi) is 7.58. The molecule has 0 aromatic heterocycles. The Morgan fingerprint density at radius 1 is 1.08 bits per heavy atom. The Bertz CT molecular complexity index is 87.0. The van der Waals surface area contributed by atoms with E-state index < -0.39 is 0 Å². The first kappa shape index (κ1) is 12.0. The second-order valence-electron chi connectivity index (χ2n) is 3.71. The van der Waals surface area contributed by atoms with E-state index in [9.17, 15) is 0 Å². The van der Waals surface area contributed by atoms with Crippen LogP contribution >= 0.6 is 0 Å². The summed E-state index contributed by atoms with van der Waals surface area (Å²) in [5.41, 5.74) is 0. The molecule has 0 radical (unpaired) electrons. The van der Waals surface area contributed by atoms with Gasteiger partial charge in [0.25, 0.3) is 0 Å². The van der Waals surface area contributed by atoms with Crippen LogP contribution in [0.4, 0.5) is 0 Å². The van der Waals surface area contributed by atoms with E-state index in [0.29, 0.717) is 6.10 Å². The van der Waals surface area contributed by atoms with Crippen molar-refractivity contribution in [3.05, 3.63) is 0 Å². The highest BCUT2D eigenvalue weighted by Crippen LogP contribution is 2.14. The van der Waals surface area contributed by atoms with Gasteiger partial charge in [0.1, 0.15) is 0 Å². The van der Waals surface area contributed by atoms with Crippen LogP contribution < -0.4 is 0 Å². The minimum Gasteiger partial charge on any atom is -0.381 e. The van der Waals surface area contributed by atoms with Gasteiger partial charge >= 0.3 is 0 Å². The van der Waals surface area contributed by atoms with Crippen molar-refractivity contribution in [1.29, 1.82) is 0 Å². The molecule has 0 saturated heterocycles. The number of methoxy groups -OCH3 is 1. The third-order valence-electron chi connectivity index (χ3n) is 2.71. The molecule has 0 bridgehead atoms. The number of hydrogen-bond acceptors (Lipinski definition) is 1. The molecular formula is C11H24O. The summed E-state index contributed by atoms with van der Waals surface area (Å²) in [7, 11) is 1.82. The lowest BCUT2D eigenvalue weighted by Gasteiger charge is -2.14. The van der Waals surface area contributed by atoms with E-state index >= 15 is 0 Å². The van der Waals surface area contributed by atoms with Gasteiger partial charge in [-0.1, -0.05) is 40.0 Å². The van der Waals surface area contributed by atoms with Crippen molar-refractivity contribution in [3.63, 3.8) is 0 Å². The van der Waals surface area contributed by atoms with Crippen molar-refractivity contribution in [3.8, 4) is 0 Å². The fourth-order valence-electron chi connectivity index (χ4n) is 1.39. The zero-order valence-electron chi connectivity index (χ0n) is 9.10. The lowest BCUT2D eigenvalue weighted by Crippen LogP contribution is -2.08. The van der Waals surface area contributed by atoms with Crippen LogP contribution in [0.5, 0.6) is 0 Å². The van der Waals surface area contributed by atoms with E-state index in [1.165, 1.54) is 25.7 Å². The predicted octanol–water partition coefficient (Wildman–Crippen LogP) is 3.63. The molecule has 2 unspecified atom stereocenters. The van der Waals surface area contributed by atoms with Crippen LogP contribution in [0.1, 0.15) is 52.9 Å². The highest BCUT2D eigenvalue weighted by molar-refractivity contribution is 4.57. The second kappa shape index (κ2) is 7.60. The summed E-state index contributed by atoms with van der Waals surface area (Å²) in [6, 6.07) is 0. The van der Waals surface area contributed by atoms with Crippen LogP contribution in [0.2, 0.25) is 0 Å². The van der Waals surface area contributed by atoms with Crippen molar-refractivity contribution in [2.24, 2.45) is 5.92 Å². The first-order valence-electron chi connectivity index (χ1n) is 5.27. The Balaban J connectivity index is 3.28. The fraction of sp³-hybridized carbons (Fsp3) is 1.00. The van der Waals surface area contributed by atoms with Crippen LogP contribution in [0.25, 0.3) is 0 Å². The highest BCUT2D eigenvalue weighted by atomic mass is 16.5. The topological polar surface area (TPSA) is 9.23 Å². The summed E-state index contributed by atoms with van der Waals surface area (Å²) in [6.07, 6.45) is 6.87. The van der Waals surface area contributed by atoms with Crippen molar-refractivity contribution < 1.29 is 4.74 Å². The molecule has 0 aromatic carbocycles. The van der Waals surface area contributed by atoms with Crippen molar-refractivity contribution in [2.45, 2.75) is 59.0 Å². The average molecular weight is 172 g/mol. The number of hydrogen-bond donors (Lipinski definition) is 0. The van der Waals surface area contributed by atoms with Gasteiger partial charge in [0.15, 0.2) is 0 Å². The predicted molar refractivity (Wildman–Crippen MR) is 54.4 cm³/mol. The summed E-state index contributed by atoms with van der Waals surface area (Å²) < 4.78 is 5.31. The molecule has 0 aliphatic rings. The van der Waals surface area contributed by atoms with E-state index in [0.717, 1.165) is 12.3 Å². The smallest absolute Gasteiger partial charge is 0.0568 e. The molecule has 0 saturated carbocycles. The zero-order chi connectivity index (χ0) is 9.40. The molecule has 2 atom stereocenters. The normalized spacial score (nSPS) is 16.0. The molecule has 12 heavy (non-hydrogen) atoms. The third-order valence-corrected chi connectivity index (χ3v) is 2.71. The minimum atomic E-state index is 0.494. The Labute approximate surface area is 77.5 Å². The van der Waals surface area contributed by atoms with Gasteiger partial charge in [0, 0.05) is 7.11 Å². The largest absolute Gasteiger partial charge is 0.381 e. The molecule has 0 aliphatic heterocycles. The van der Waals surface area contributed by atoms with Crippen molar-refractivity contribution in [2.75, 3.05) is 7.11 Å². The first-order valence-corrected chi connectivity index (χ1v) is 5.27. The van der Waals surface area contributed by atoms with Gasteiger partial charge in [-0.25, -0.2) is 0 Å². The molecule has 0 heterocycles. The van der Waals surface area contributed by atoms with E-state index in [1.807, 2.05) is 7.11 Å². The average Bonchev–Trinajstić information content (AvgIpc) is 2.12. The maximum absolute atomic E-state index is 5.31. The molecule has 0 N–H and O–H groups in total. The maximum atomic E-state index is 5.31. The zero-order valence-corrected chi connectivity index (χ0v) is 9.10. The monoisotopic (exact) mass is 172 g/mol. The molecule has 0 fully saturated rings. The molecule has 0 aromatic rings. The van der Waals surface area contributed by atoms with E-state index in [4.69, 9.17) is 4.74 Å². The van der Waals surface area contributed by atoms with E-state index in [2.05, 4.69) is 20.8 Å². The Morgan fingerprint density at radius 3 is 2.17 bits per heavy atom. The lowest BCUT2D eigenvalue weighted by atomic mass is 9.99. The Hall–Kier alpha value is -0.0400. The van der Waals surface area contributed by atoms with E-state index in [1.54, 1.807) is 0 Å². The summed E-state index contributed by atoms with van der Waals surface area (Å²) in [5.74, 6) is 0.888. The quantitative estimate of drug-likeness (QED) is 0.570. The standard InChI is InChI=1S/C11H24O/c1-5-10(3)8-7-9-11(6-2)12-4/h10-11H,5-9H2,1-4H3. The molecule has 0 amide bonds. The highest BCUT2D eigenvalue weighted by Gasteiger charge is 2.04. The van der Waals surface area contributed by atoms with Crippen molar-refractivity contribution in [1.82, 2.24) is 0 Å². The minimum absolute atomic E-state index is 0.494. The van der Waals surface area contributed by atoms with Gasteiger partial charge in [0.05, 0.1) is 6.10 Å². The molecule has 0 rings (SSSR count). The lowest BCUT2D eigenvalue weighted by molar-refractivity contribution is 0.0888. The third kappa shape index (κ3) is 5.59. The SMILES string of the molecule is CCC(C)CCCC(CC)OC. The van der Waals surface area contributed by atoms with Crippen LogP contribution in [0.3, 0.4) is 0 Å². The van der Waals surface area contributed by atoms with Gasteiger partial charge in [0.2, 0.25) is 0 Å². The van der Waals surface area contributed by atoms with Crippen LogP contribution in [0.15, 0.2) is 0 Å². The summed E-state index contributed by atoms with van der Waals surface area (Å²) >= 11 is 0. The van der Waals surface area contributed by atoms with Gasteiger partial charge < -0.3 is 4.74 Å². The molecule has 74 valence electrons. The molecule has 0 aliphatic carbocycles. The van der Waals surface area contributed by atoms with E-state index in [-0.39, 0.29) is 0 Å².